The number of nitrogens with zero attached hydrogens (tertiary/aromatic N) is 3. The quantitative estimate of drug-likeness (QED) is 0.195. The summed E-state index contributed by atoms with van der Waals surface area (Å²) in [5, 5.41) is 6.30. The predicted octanol–water partition coefficient (Wildman–Crippen LogP) is 5.20. The van der Waals surface area contributed by atoms with Crippen LogP contribution in [0.25, 0.3) is 21.3 Å². The van der Waals surface area contributed by atoms with Gasteiger partial charge in [-0.25, -0.2) is 9.97 Å². The van der Waals surface area contributed by atoms with Crippen LogP contribution in [0.4, 0.5) is 5.69 Å². The van der Waals surface area contributed by atoms with E-state index in [4.69, 9.17) is 27.9 Å². The summed E-state index contributed by atoms with van der Waals surface area (Å²) in [4.78, 5) is 35.2. The monoisotopic (exact) mass is 520 g/mol. The highest BCUT2D eigenvalue weighted by molar-refractivity contribution is 7.99. The summed E-state index contributed by atoms with van der Waals surface area (Å²) in [6.07, 6.45) is 1.54. The SMILES string of the molecule is COCCn1c(SCC(=O)Nc2cccnc2Cl)nc2scc(-c3ccccc3Cl)c2c1=O. The number of halogens is 2. The number of carbonyl (C=O) groups is 1. The molecule has 0 aliphatic carbocycles. The number of thiophene rings is 1. The molecule has 0 aliphatic rings. The summed E-state index contributed by atoms with van der Waals surface area (Å²) in [6.45, 7) is 0.623. The number of nitrogens with one attached hydrogen (secondary N) is 1. The predicted molar refractivity (Wildman–Crippen MR) is 135 cm³/mol. The highest BCUT2D eigenvalue weighted by Gasteiger charge is 2.19. The van der Waals surface area contributed by atoms with Gasteiger partial charge in [0.05, 0.1) is 30.0 Å². The number of rotatable bonds is 8. The lowest BCUT2D eigenvalue weighted by Crippen LogP contribution is -2.26. The van der Waals surface area contributed by atoms with Gasteiger partial charge in [0.2, 0.25) is 5.91 Å². The van der Waals surface area contributed by atoms with Crippen LogP contribution in [0.1, 0.15) is 0 Å². The fourth-order valence-electron chi connectivity index (χ4n) is 3.17. The molecule has 3 heterocycles. The Labute approximate surface area is 207 Å². The number of hydrogen-bond acceptors (Lipinski definition) is 7. The maximum Gasteiger partial charge on any atom is 0.263 e. The summed E-state index contributed by atoms with van der Waals surface area (Å²) in [5.41, 5.74) is 1.74. The van der Waals surface area contributed by atoms with E-state index in [-0.39, 0.29) is 22.4 Å². The van der Waals surface area contributed by atoms with E-state index < -0.39 is 0 Å². The number of anilines is 1. The normalized spacial score (nSPS) is 11.1. The van der Waals surface area contributed by atoms with Crippen molar-refractivity contribution in [3.05, 3.63) is 68.5 Å². The molecule has 1 N–H and O–H groups in total. The Bertz CT molecular complexity index is 1370. The molecular weight excluding hydrogens is 503 g/mol. The minimum atomic E-state index is -0.287. The number of benzene rings is 1. The molecule has 170 valence electrons. The summed E-state index contributed by atoms with van der Waals surface area (Å²) in [6, 6.07) is 10.7. The topological polar surface area (TPSA) is 86.1 Å². The van der Waals surface area contributed by atoms with Crippen LogP contribution < -0.4 is 10.9 Å². The second kappa shape index (κ2) is 10.7. The molecule has 0 saturated heterocycles. The van der Waals surface area contributed by atoms with E-state index in [1.807, 2.05) is 23.6 Å². The molecule has 3 aromatic heterocycles. The van der Waals surface area contributed by atoms with Crippen molar-refractivity contribution in [2.24, 2.45) is 0 Å². The first-order valence-corrected chi connectivity index (χ1v) is 12.4. The lowest BCUT2D eigenvalue weighted by Gasteiger charge is -2.12. The minimum absolute atomic E-state index is 0.0406. The molecule has 0 atom stereocenters. The van der Waals surface area contributed by atoms with Crippen molar-refractivity contribution in [1.29, 1.82) is 0 Å². The maximum absolute atomic E-state index is 13.5. The van der Waals surface area contributed by atoms with E-state index in [0.717, 1.165) is 11.1 Å². The molecule has 0 fully saturated rings. The second-order valence-electron chi connectivity index (χ2n) is 6.83. The first kappa shape index (κ1) is 23.7. The highest BCUT2D eigenvalue weighted by atomic mass is 35.5. The first-order chi connectivity index (χ1) is 16.0. The molecule has 7 nitrogen and oxygen atoms in total. The molecule has 11 heteroatoms. The van der Waals surface area contributed by atoms with E-state index in [2.05, 4.69) is 15.3 Å². The van der Waals surface area contributed by atoms with E-state index in [1.54, 1.807) is 25.3 Å². The van der Waals surface area contributed by atoms with Gasteiger partial charge in [-0.2, -0.15) is 0 Å². The minimum Gasteiger partial charge on any atom is -0.383 e. The number of aromatic nitrogens is 3. The molecule has 4 rings (SSSR count). The Hall–Kier alpha value is -2.43. The van der Waals surface area contributed by atoms with Gasteiger partial charge in [-0.1, -0.05) is 53.2 Å². The van der Waals surface area contributed by atoms with Crippen molar-refractivity contribution in [3.8, 4) is 11.1 Å². The summed E-state index contributed by atoms with van der Waals surface area (Å²) in [7, 11) is 1.56. The van der Waals surface area contributed by atoms with Crippen LogP contribution in [-0.2, 0) is 16.1 Å². The van der Waals surface area contributed by atoms with Gasteiger partial charge in [0.1, 0.15) is 4.83 Å². The summed E-state index contributed by atoms with van der Waals surface area (Å²) >= 11 is 14.9. The Kier molecular flexibility index (Phi) is 7.67. The number of hydrogen-bond donors (Lipinski definition) is 1. The smallest absolute Gasteiger partial charge is 0.263 e. The third-order valence-electron chi connectivity index (χ3n) is 4.71. The van der Waals surface area contributed by atoms with E-state index >= 15 is 0 Å². The standard InChI is InChI=1S/C22H18Cl2N4O3S2/c1-31-10-9-28-21(30)18-14(13-5-2-3-6-15(13)23)11-32-20(18)27-22(28)33-12-17(29)26-16-7-4-8-25-19(16)24/h2-8,11H,9-10,12H2,1H3,(H,26,29). The van der Waals surface area contributed by atoms with Gasteiger partial charge in [-0.15, -0.1) is 11.3 Å². The van der Waals surface area contributed by atoms with Gasteiger partial charge in [0.25, 0.3) is 5.56 Å². The zero-order valence-electron chi connectivity index (χ0n) is 17.4. The van der Waals surface area contributed by atoms with Crippen LogP contribution in [-0.4, -0.2) is 39.9 Å². The Balaban J connectivity index is 1.66. The van der Waals surface area contributed by atoms with Crippen molar-refractivity contribution in [2.75, 3.05) is 24.8 Å². The Morgan fingerprint density at radius 2 is 2.03 bits per heavy atom. The van der Waals surface area contributed by atoms with E-state index in [1.165, 1.54) is 33.9 Å². The van der Waals surface area contributed by atoms with Gasteiger partial charge < -0.3 is 10.1 Å². The third kappa shape index (κ3) is 5.23. The summed E-state index contributed by atoms with van der Waals surface area (Å²) in [5.74, 6) is -0.246. The van der Waals surface area contributed by atoms with Crippen molar-refractivity contribution in [1.82, 2.24) is 14.5 Å². The van der Waals surface area contributed by atoms with Crippen LogP contribution in [0.3, 0.4) is 0 Å². The van der Waals surface area contributed by atoms with Gasteiger partial charge in [-0.05, 0) is 18.2 Å². The average molecular weight is 521 g/mol. The van der Waals surface area contributed by atoms with Crippen molar-refractivity contribution in [3.63, 3.8) is 0 Å². The van der Waals surface area contributed by atoms with Gasteiger partial charge in [-0.3, -0.25) is 14.2 Å². The second-order valence-corrected chi connectivity index (χ2v) is 9.40. The van der Waals surface area contributed by atoms with Crippen molar-refractivity contribution in [2.45, 2.75) is 11.7 Å². The Morgan fingerprint density at radius 3 is 2.79 bits per heavy atom. The fraction of sp³-hybridized carbons (Fsp3) is 0.182. The van der Waals surface area contributed by atoms with Crippen LogP contribution in [0, 0.1) is 0 Å². The van der Waals surface area contributed by atoms with Gasteiger partial charge in [0, 0.05) is 34.8 Å². The number of amides is 1. The number of ether oxygens (including phenoxy) is 1. The van der Waals surface area contributed by atoms with Crippen LogP contribution >= 0.6 is 46.3 Å². The van der Waals surface area contributed by atoms with E-state index in [0.29, 0.717) is 39.2 Å². The van der Waals surface area contributed by atoms with E-state index in [9.17, 15) is 9.59 Å². The lowest BCUT2D eigenvalue weighted by molar-refractivity contribution is -0.113. The highest BCUT2D eigenvalue weighted by Crippen LogP contribution is 2.35. The number of methoxy groups -OCH3 is 1. The largest absolute Gasteiger partial charge is 0.383 e. The molecule has 0 unspecified atom stereocenters. The van der Waals surface area contributed by atoms with Gasteiger partial charge >= 0.3 is 0 Å². The molecule has 33 heavy (non-hydrogen) atoms. The van der Waals surface area contributed by atoms with Crippen molar-refractivity contribution >= 4 is 68.1 Å². The zero-order valence-corrected chi connectivity index (χ0v) is 20.5. The van der Waals surface area contributed by atoms with Crippen LogP contribution in [0.15, 0.2) is 57.9 Å². The molecule has 0 radical (unpaired) electrons. The number of carbonyl (C=O) groups excluding carboxylic acids is 1. The molecule has 0 saturated carbocycles. The Morgan fingerprint density at radius 1 is 1.21 bits per heavy atom. The molecule has 1 amide bonds. The molecule has 0 spiro atoms. The molecule has 0 aliphatic heterocycles. The number of fused-ring (bicyclic) bond motifs is 1. The third-order valence-corrected chi connectivity index (χ3v) is 7.19. The maximum atomic E-state index is 13.5. The summed E-state index contributed by atoms with van der Waals surface area (Å²) < 4.78 is 6.72. The molecule has 1 aromatic carbocycles. The molecular formula is C22H18Cl2N4O3S2. The van der Waals surface area contributed by atoms with Crippen LogP contribution in [0.2, 0.25) is 10.2 Å². The fourth-order valence-corrected chi connectivity index (χ4v) is 5.38. The van der Waals surface area contributed by atoms with Crippen LogP contribution in [0.5, 0.6) is 0 Å². The average Bonchev–Trinajstić information content (AvgIpc) is 3.23. The number of pyridine rings is 1. The van der Waals surface area contributed by atoms with Gasteiger partial charge in [0.15, 0.2) is 10.3 Å². The zero-order chi connectivity index (χ0) is 23.4. The molecule has 4 aromatic rings. The molecule has 0 bridgehead atoms. The lowest BCUT2D eigenvalue weighted by atomic mass is 10.1. The van der Waals surface area contributed by atoms with Crippen molar-refractivity contribution < 1.29 is 9.53 Å². The number of thioether (sulfide) groups is 1. The first-order valence-electron chi connectivity index (χ1n) is 9.78.